The lowest BCUT2D eigenvalue weighted by atomic mass is 10.2. The van der Waals surface area contributed by atoms with Crippen LogP contribution < -0.4 is 10.2 Å². The molecule has 150 valence electrons. The lowest BCUT2D eigenvalue weighted by Crippen LogP contribution is -2.57. The highest BCUT2D eigenvalue weighted by atomic mass is 15.5. The highest BCUT2D eigenvalue weighted by Gasteiger charge is 2.36. The van der Waals surface area contributed by atoms with E-state index in [9.17, 15) is 0 Å². The van der Waals surface area contributed by atoms with Crippen LogP contribution in [-0.4, -0.2) is 70.8 Å². The van der Waals surface area contributed by atoms with Gasteiger partial charge in [-0.1, -0.05) is 18.2 Å². The lowest BCUT2D eigenvalue weighted by Gasteiger charge is -2.41. The number of para-hydroxylation sites is 2. The maximum absolute atomic E-state index is 4.96. The van der Waals surface area contributed by atoms with E-state index in [1.165, 1.54) is 0 Å². The van der Waals surface area contributed by atoms with Crippen molar-refractivity contribution in [1.29, 1.82) is 0 Å². The molecule has 0 fully saturated rings. The number of hydrogen-bond donors (Lipinski definition) is 1. The first-order valence-corrected chi connectivity index (χ1v) is 10.0. The largest absolute Gasteiger partial charge is 0.330 e. The van der Waals surface area contributed by atoms with Gasteiger partial charge in [0.15, 0.2) is 6.17 Å². The van der Waals surface area contributed by atoms with Crippen LogP contribution in [0.1, 0.15) is 18.3 Å². The molecule has 1 aromatic carbocycles. The Morgan fingerprint density at radius 3 is 2.83 bits per heavy atom. The van der Waals surface area contributed by atoms with E-state index in [4.69, 9.17) is 9.98 Å². The zero-order valence-corrected chi connectivity index (χ0v) is 16.9. The van der Waals surface area contributed by atoms with E-state index in [0.717, 1.165) is 54.8 Å². The van der Waals surface area contributed by atoms with Crippen LogP contribution in [0.3, 0.4) is 0 Å². The van der Waals surface area contributed by atoms with Crippen LogP contribution >= 0.6 is 0 Å². The Morgan fingerprint density at radius 1 is 1.14 bits per heavy atom. The van der Waals surface area contributed by atoms with E-state index < -0.39 is 0 Å². The monoisotopic (exact) mass is 390 g/mol. The predicted molar refractivity (Wildman–Crippen MR) is 115 cm³/mol. The average Bonchev–Trinajstić information content (AvgIpc) is 3.14. The number of fused-ring (bicyclic) bond motifs is 5. The summed E-state index contributed by atoms with van der Waals surface area (Å²) in [5.41, 5.74) is 3.03. The van der Waals surface area contributed by atoms with Crippen LogP contribution in [0.2, 0.25) is 0 Å². The Morgan fingerprint density at radius 2 is 2.00 bits per heavy atom. The highest BCUT2D eigenvalue weighted by Crippen LogP contribution is 2.33. The van der Waals surface area contributed by atoms with Crippen LogP contribution in [-0.2, 0) is 0 Å². The Balaban J connectivity index is 1.52. The minimum atomic E-state index is -0.131. The maximum atomic E-state index is 4.96. The van der Waals surface area contributed by atoms with Crippen molar-refractivity contribution in [1.82, 2.24) is 29.7 Å². The first kappa shape index (κ1) is 18.1. The van der Waals surface area contributed by atoms with Gasteiger partial charge in [0.05, 0.1) is 30.1 Å². The summed E-state index contributed by atoms with van der Waals surface area (Å²) in [7, 11) is 4.22. The number of nitrogens with zero attached hydrogens (tertiary/aromatic N) is 7. The Kier molecular flexibility index (Phi) is 4.65. The molecule has 5 rings (SSSR count). The van der Waals surface area contributed by atoms with E-state index in [1.807, 2.05) is 30.5 Å². The number of pyridine rings is 1. The Hall–Kier alpha value is -2.97. The summed E-state index contributed by atoms with van der Waals surface area (Å²) >= 11 is 0. The standard InChI is InChI=1S/C21H26N8/c1-26(2)12-7-13-27-14-23-20-25-19(17-9-5-6-11-22-17)29-18-10-4-3-8-16(18)24-21(29)28(20)15-27/h3-6,8-11,19H,7,12-15H2,1-2H3,(H,23,25). The molecule has 1 atom stereocenters. The molecule has 0 aliphatic carbocycles. The minimum absolute atomic E-state index is 0.131. The van der Waals surface area contributed by atoms with Gasteiger partial charge in [-0.2, -0.15) is 0 Å². The van der Waals surface area contributed by atoms with Crippen LogP contribution in [0.15, 0.2) is 53.7 Å². The molecule has 0 radical (unpaired) electrons. The second-order valence-electron chi connectivity index (χ2n) is 7.82. The first-order chi connectivity index (χ1) is 14.2. The fourth-order valence-electron chi connectivity index (χ4n) is 4.01. The minimum Gasteiger partial charge on any atom is -0.330 e. The fourth-order valence-corrected chi connectivity index (χ4v) is 4.01. The third kappa shape index (κ3) is 3.34. The van der Waals surface area contributed by atoms with Crippen molar-refractivity contribution in [2.45, 2.75) is 12.6 Å². The molecule has 0 bridgehead atoms. The van der Waals surface area contributed by atoms with Gasteiger partial charge in [0.1, 0.15) is 0 Å². The molecule has 8 nitrogen and oxygen atoms in total. The second kappa shape index (κ2) is 7.46. The number of aromatic nitrogens is 3. The molecular weight excluding hydrogens is 364 g/mol. The molecule has 0 amide bonds. The normalized spacial score (nSPS) is 19.1. The van der Waals surface area contributed by atoms with E-state index in [-0.39, 0.29) is 6.17 Å². The summed E-state index contributed by atoms with van der Waals surface area (Å²) in [5, 5.41) is 3.60. The van der Waals surface area contributed by atoms with Crippen LogP contribution in [0, 0.1) is 0 Å². The summed E-state index contributed by atoms with van der Waals surface area (Å²) < 4.78 is 2.24. The number of guanidine groups is 1. The number of benzene rings is 1. The number of rotatable bonds is 5. The van der Waals surface area contributed by atoms with Gasteiger partial charge >= 0.3 is 0 Å². The summed E-state index contributed by atoms with van der Waals surface area (Å²) in [6.07, 6.45) is 2.82. The SMILES string of the molecule is CN(C)CCCN1CN=C2NC(c3ccccn3)n3c(nc4ccccc43)N2C1. The van der Waals surface area contributed by atoms with Gasteiger partial charge in [-0.05, 0) is 51.3 Å². The number of anilines is 1. The summed E-state index contributed by atoms with van der Waals surface area (Å²) in [6.45, 7) is 3.56. The molecule has 0 saturated carbocycles. The summed E-state index contributed by atoms with van der Waals surface area (Å²) in [4.78, 5) is 21.2. The third-order valence-corrected chi connectivity index (χ3v) is 5.41. The summed E-state index contributed by atoms with van der Waals surface area (Å²) in [6, 6.07) is 14.3. The Labute approximate surface area is 170 Å². The van der Waals surface area contributed by atoms with Gasteiger partial charge in [0, 0.05) is 12.7 Å². The van der Waals surface area contributed by atoms with Crippen LogP contribution in [0.4, 0.5) is 5.95 Å². The van der Waals surface area contributed by atoms with Crippen molar-refractivity contribution >= 4 is 22.9 Å². The molecule has 2 aliphatic heterocycles. The van der Waals surface area contributed by atoms with Crippen molar-refractivity contribution in [3.05, 3.63) is 54.4 Å². The smallest absolute Gasteiger partial charge is 0.216 e. The molecule has 8 heteroatoms. The molecule has 1 unspecified atom stereocenters. The van der Waals surface area contributed by atoms with Gasteiger partial charge in [-0.25, -0.2) is 9.98 Å². The topological polar surface area (TPSA) is 64.8 Å². The highest BCUT2D eigenvalue weighted by molar-refractivity contribution is 5.98. The Bertz CT molecular complexity index is 1030. The fraction of sp³-hybridized carbons (Fsp3) is 0.381. The molecule has 2 aliphatic rings. The van der Waals surface area contributed by atoms with Gasteiger partial charge < -0.3 is 10.2 Å². The van der Waals surface area contributed by atoms with E-state index in [0.29, 0.717) is 6.67 Å². The molecule has 0 spiro atoms. The maximum Gasteiger partial charge on any atom is 0.216 e. The van der Waals surface area contributed by atoms with Crippen LogP contribution in [0.5, 0.6) is 0 Å². The zero-order valence-electron chi connectivity index (χ0n) is 16.9. The van der Waals surface area contributed by atoms with Crippen LogP contribution in [0.25, 0.3) is 11.0 Å². The second-order valence-corrected chi connectivity index (χ2v) is 7.82. The van der Waals surface area contributed by atoms with Gasteiger partial charge in [-0.3, -0.25) is 19.4 Å². The lowest BCUT2D eigenvalue weighted by molar-refractivity contribution is 0.254. The molecular formula is C21H26N8. The third-order valence-electron chi connectivity index (χ3n) is 5.41. The van der Waals surface area contributed by atoms with E-state index in [2.05, 4.69) is 61.9 Å². The number of nitrogens with one attached hydrogen (secondary N) is 1. The molecule has 4 heterocycles. The van der Waals surface area contributed by atoms with Gasteiger partial charge in [0.25, 0.3) is 0 Å². The predicted octanol–water partition coefficient (Wildman–Crippen LogP) is 1.93. The van der Waals surface area contributed by atoms with Crippen molar-refractivity contribution < 1.29 is 0 Å². The number of hydrogen-bond acceptors (Lipinski definition) is 7. The molecule has 3 aromatic rings. The molecule has 2 aromatic heterocycles. The average molecular weight is 390 g/mol. The van der Waals surface area contributed by atoms with Gasteiger partial charge in [-0.15, -0.1) is 0 Å². The molecule has 29 heavy (non-hydrogen) atoms. The van der Waals surface area contributed by atoms with Crippen molar-refractivity contribution in [2.75, 3.05) is 45.4 Å². The van der Waals surface area contributed by atoms with Crippen molar-refractivity contribution in [3.8, 4) is 0 Å². The van der Waals surface area contributed by atoms with E-state index in [1.54, 1.807) is 0 Å². The summed E-state index contributed by atoms with van der Waals surface area (Å²) in [5.74, 6) is 1.78. The quantitative estimate of drug-likeness (QED) is 0.718. The van der Waals surface area contributed by atoms with Crippen molar-refractivity contribution in [2.24, 2.45) is 4.99 Å². The zero-order chi connectivity index (χ0) is 19.8. The van der Waals surface area contributed by atoms with E-state index >= 15 is 0 Å². The first-order valence-electron chi connectivity index (χ1n) is 10.0. The molecule has 1 N–H and O–H groups in total. The number of imidazole rings is 1. The van der Waals surface area contributed by atoms with Gasteiger partial charge in [0.2, 0.25) is 11.9 Å². The molecule has 0 saturated heterocycles. The number of aliphatic imine (C=N–C) groups is 1. The van der Waals surface area contributed by atoms with Crippen molar-refractivity contribution in [3.63, 3.8) is 0 Å².